The zero-order valence-electron chi connectivity index (χ0n) is 9.64. The van der Waals surface area contributed by atoms with E-state index in [-0.39, 0.29) is 17.9 Å². The van der Waals surface area contributed by atoms with Crippen molar-refractivity contribution in [2.75, 3.05) is 13.1 Å². The molecule has 1 fully saturated rings. The monoisotopic (exact) mass is 220 g/mol. The van der Waals surface area contributed by atoms with E-state index in [1.807, 2.05) is 23.1 Å². The molecule has 2 aliphatic rings. The van der Waals surface area contributed by atoms with E-state index in [1.54, 1.807) is 18.7 Å². The van der Waals surface area contributed by atoms with Crippen LogP contribution in [0.15, 0.2) is 23.9 Å². The second kappa shape index (κ2) is 4.12. The largest absolute Gasteiger partial charge is 0.332 e. The first-order chi connectivity index (χ1) is 7.61. The quantitative estimate of drug-likeness (QED) is 0.609. The van der Waals surface area contributed by atoms with Crippen molar-refractivity contribution in [1.82, 2.24) is 9.80 Å². The summed E-state index contributed by atoms with van der Waals surface area (Å²) in [4.78, 5) is 26.6. The Kier molecular flexibility index (Phi) is 2.81. The van der Waals surface area contributed by atoms with Gasteiger partial charge in [-0.25, -0.2) is 0 Å². The number of allylic oxidation sites excluding steroid dienone is 2. The van der Waals surface area contributed by atoms with Crippen molar-refractivity contribution in [3.63, 3.8) is 0 Å². The van der Waals surface area contributed by atoms with Crippen LogP contribution in [-0.2, 0) is 9.59 Å². The number of hydrogen-bond acceptors (Lipinski definition) is 2. The van der Waals surface area contributed by atoms with Crippen LogP contribution in [0.5, 0.6) is 0 Å². The van der Waals surface area contributed by atoms with E-state index >= 15 is 0 Å². The van der Waals surface area contributed by atoms with Crippen LogP contribution in [0.2, 0.25) is 0 Å². The van der Waals surface area contributed by atoms with Gasteiger partial charge in [0.15, 0.2) is 0 Å². The third-order valence-electron chi connectivity index (χ3n) is 3.14. The molecule has 4 heteroatoms. The Bertz CT molecular complexity index is 384. The minimum atomic E-state index is 0.0418. The van der Waals surface area contributed by atoms with Crippen molar-refractivity contribution in [2.45, 2.75) is 26.3 Å². The fourth-order valence-electron chi connectivity index (χ4n) is 2.37. The van der Waals surface area contributed by atoms with Gasteiger partial charge in [0.2, 0.25) is 11.8 Å². The molecule has 0 aromatic heterocycles. The van der Waals surface area contributed by atoms with Crippen LogP contribution in [0.1, 0.15) is 20.3 Å². The Hall–Kier alpha value is -1.58. The fraction of sp³-hybridized carbons (Fsp3) is 0.500. The third-order valence-corrected chi connectivity index (χ3v) is 3.14. The molecular weight excluding hydrogens is 204 g/mol. The van der Waals surface area contributed by atoms with E-state index in [2.05, 4.69) is 0 Å². The first-order valence-corrected chi connectivity index (χ1v) is 5.53. The van der Waals surface area contributed by atoms with E-state index in [0.717, 1.165) is 12.1 Å². The molecule has 1 saturated heterocycles. The highest BCUT2D eigenvalue weighted by Gasteiger charge is 2.34. The highest BCUT2D eigenvalue weighted by Crippen LogP contribution is 2.26. The maximum Gasteiger partial charge on any atom is 0.223 e. The molecule has 86 valence electrons. The van der Waals surface area contributed by atoms with Gasteiger partial charge >= 0.3 is 0 Å². The Morgan fingerprint density at radius 1 is 1.25 bits per heavy atom. The van der Waals surface area contributed by atoms with Crippen molar-refractivity contribution in [1.29, 1.82) is 0 Å². The highest BCUT2D eigenvalue weighted by atomic mass is 16.2. The lowest BCUT2D eigenvalue weighted by Crippen LogP contribution is -2.54. The number of piperazine rings is 1. The number of carbonyl (C=O) groups is 2. The molecule has 1 aliphatic heterocycles. The van der Waals surface area contributed by atoms with Gasteiger partial charge in [-0.05, 0) is 12.5 Å². The molecule has 0 saturated carbocycles. The van der Waals surface area contributed by atoms with Crippen LogP contribution in [-0.4, -0.2) is 40.7 Å². The van der Waals surface area contributed by atoms with Gasteiger partial charge in [0.1, 0.15) is 0 Å². The first kappa shape index (κ1) is 10.9. The molecule has 0 radical (unpaired) electrons. The molecule has 0 aromatic rings. The molecule has 2 rings (SSSR count). The average Bonchev–Trinajstić information content (AvgIpc) is 2.27. The lowest BCUT2D eigenvalue weighted by atomic mass is 9.99. The summed E-state index contributed by atoms with van der Waals surface area (Å²) in [7, 11) is 0. The second-order valence-electron chi connectivity index (χ2n) is 4.15. The van der Waals surface area contributed by atoms with Gasteiger partial charge < -0.3 is 9.80 Å². The molecule has 1 unspecified atom stereocenters. The van der Waals surface area contributed by atoms with Gasteiger partial charge in [-0.3, -0.25) is 9.59 Å². The number of fused-ring (bicyclic) bond motifs is 1. The van der Waals surface area contributed by atoms with E-state index in [4.69, 9.17) is 0 Å². The maximum absolute atomic E-state index is 11.5. The summed E-state index contributed by atoms with van der Waals surface area (Å²) in [5.74, 6) is 0.129. The summed E-state index contributed by atoms with van der Waals surface area (Å²) < 4.78 is 0. The summed E-state index contributed by atoms with van der Waals surface area (Å²) in [5, 5.41) is 0. The number of rotatable bonds is 0. The SMILES string of the molecule is CC(=O)N1CCN(C(C)=O)C2CC=CC=C21. The lowest BCUT2D eigenvalue weighted by Gasteiger charge is -2.43. The zero-order chi connectivity index (χ0) is 11.7. The van der Waals surface area contributed by atoms with Crippen molar-refractivity contribution < 1.29 is 9.59 Å². The van der Waals surface area contributed by atoms with Crippen LogP contribution in [0.4, 0.5) is 0 Å². The second-order valence-corrected chi connectivity index (χ2v) is 4.15. The van der Waals surface area contributed by atoms with Gasteiger partial charge in [0.25, 0.3) is 0 Å². The number of nitrogens with zero attached hydrogens (tertiary/aromatic N) is 2. The van der Waals surface area contributed by atoms with E-state index in [0.29, 0.717) is 13.1 Å². The number of hydrogen-bond donors (Lipinski definition) is 0. The molecule has 0 N–H and O–H groups in total. The maximum atomic E-state index is 11.5. The molecular formula is C12H16N2O2. The average molecular weight is 220 g/mol. The van der Waals surface area contributed by atoms with Crippen LogP contribution in [0.3, 0.4) is 0 Å². The topological polar surface area (TPSA) is 40.6 Å². The van der Waals surface area contributed by atoms with Gasteiger partial charge in [-0.2, -0.15) is 0 Å². The molecule has 1 atom stereocenters. The predicted octanol–water partition coefficient (Wildman–Crippen LogP) is 0.909. The first-order valence-electron chi connectivity index (χ1n) is 5.53. The van der Waals surface area contributed by atoms with Gasteiger partial charge in [-0.15, -0.1) is 0 Å². The molecule has 0 bridgehead atoms. The van der Waals surface area contributed by atoms with Crippen LogP contribution in [0.25, 0.3) is 0 Å². The molecule has 2 amide bonds. The molecule has 0 aromatic carbocycles. The van der Waals surface area contributed by atoms with Gasteiger partial charge in [-0.1, -0.05) is 12.2 Å². The predicted molar refractivity (Wildman–Crippen MR) is 60.4 cm³/mol. The van der Waals surface area contributed by atoms with Crippen molar-refractivity contribution in [2.24, 2.45) is 0 Å². The Morgan fingerprint density at radius 2 is 2.00 bits per heavy atom. The number of amides is 2. The summed E-state index contributed by atoms with van der Waals surface area (Å²) in [6.45, 7) is 4.38. The normalized spacial score (nSPS) is 23.9. The zero-order valence-corrected chi connectivity index (χ0v) is 9.64. The van der Waals surface area contributed by atoms with Crippen molar-refractivity contribution >= 4 is 11.8 Å². The van der Waals surface area contributed by atoms with Crippen molar-refractivity contribution in [3.8, 4) is 0 Å². The van der Waals surface area contributed by atoms with Crippen molar-refractivity contribution in [3.05, 3.63) is 23.9 Å². The Morgan fingerprint density at radius 3 is 2.62 bits per heavy atom. The molecule has 0 spiro atoms. The molecule has 16 heavy (non-hydrogen) atoms. The van der Waals surface area contributed by atoms with Gasteiger partial charge in [0, 0.05) is 32.6 Å². The minimum Gasteiger partial charge on any atom is -0.332 e. The van der Waals surface area contributed by atoms with Crippen LogP contribution < -0.4 is 0 Å². The lowest BCUT2D eigenvalue weighted by molar-refractivity contribution is -0.137. The Labute approximate surface area is 95.2 Å². The summed E-state index contributed by atoms with van der Waals surface area (Å²) in [6, 6.07) is 0.0418. The molecule has 1 aliphatic carbocycles. The standard InChI is InChI=1S/C12H16N2O2/c1-9(15)13-7-8-14(10(2)16)12-6-4-3-5-11(12)13/h3-5,12H,6-8H2,1-2H3. The van der Waals surface area contributed by atoms with Crippen LogP contribution >= 0.6 is 0 Å². The number of carbonyl (C=O) groups excluding carboxylic acids is 2. The van der Waals surface area contributed by atoms with E-state index in [1.165, 1.54) is 0 Å². The Balaban J connectivity index is 2.29. The molecule has 1 heterocycles. The van der Waals surface area contributed by atoms with Crippen LogP contribution in [0, 0.1) is 0 Å². The van der Waals surface area contributed by atoms with E-state index < -0.39 is 0 Å². The third kappa shape index (κ3) is 1.75. The smallest absolute Gasteiger partial charge is 0.223 e. The van der Waals surface area contributed by atoms with E-state index in [9.17, 15) is 9.59 Å². The summed E-state index contributed by atoms with van der Waals surface area (Å²) in [5.41, 5.74) is 0.955. The summed E-state index contributed by atoms with van der Waals surface area (Å²) >= 11 is 0. The summed E-state index contributed by atoms with van der Waals surface area (Å²) in [6.07, 6.45) is 6.72. The molecule has 4 nitrogen and oxygen atoms in total. The fourth-order valence-corrected chi connectivity index (χ4v) is 2.37. The van der Waals surface area contributed by atoms with Gasteiger partial charge in [0.05, 0.1) is 6.04 Å². The minimum absolute atomic E-state index is 0.0418. The highest BCUT2D eigenvalue weighted by molar-refractivity contribution is 5.78.